The number of nitrogens with one attached hydrogen (secondary N) is 1. The lowest BCUT2D eigenvalue weighted by Gasteiger charge is -2.30. The zero-order valence-corrected chi connectivity index (χ0v) is 21.4. The summed E-state index contributed by atoms with van der Waals surface area (Å²) in [5, 5.41) is 2.93. The predicted molar refractivity (Wildman–Crippen MR) is 133 cm³/mol. The highest BCUT2D eigenvalue weighted by molar-refractivity contribution is 9.10. The number of halogens is 1. The molecular weight excluding hydrogens is 468 g/mol. The number of carbonyl (C=O) groups is 2. The number of rotatable bonds is 11. The summed E-state index contributed by atoms with van der Waals surface area (Å²) in [6, 6.07) is 13.4. The molecule has 0 aliphatic rings. The summed E-state index contributed by atoms with van der Waals surface area (Å²) in [6.45, 7) is 11.0. The minimum atomic E-state index is -0.550. The summed E-state index contributed by atoms with van der Waals surface area (Å²) in [5.74, 6) is 0.668. The average Bonchev–Trinajstić information content (AvgIpc) is 2.77. The normalized spacial score (nSPS) is 11.8. The van der Waals surface area contributed by atoms with Crippen LogP contribution in [0.15, 0.2) is 46.9 Å². The Morgan fingerprint density at radius 2 is 1.78 bits per heavy atom. The van der Waals surface area contributed by atoms with Gasteiger partial charge < -0.3 is 15.0 Å². The number of aryl methyl sites for hydroxylation is 1. The average molecular weight is 503 g/mol. The van der Waals surface area contributed by atoms with Gasteiger partial charge in [-0.2, -0.15) is 0 Å². The Kier molecular flexibility index (Phi) is 10.2. The maximum absolute atomic E-state index is 13.3. The number of ether oxygens (including phenoxy) is 1. The van der Waals surface area contributed by atoms with Gasteiger partial charge in [0.05, 0.1) is 4.47 Å². The minimum Gasteiger partial charge on any atom is -0.483 e. The van der Waals surface area contributed by atoms with E-state index < -0.39 is 6.04 Å². The highest BCUT2D eigenvalue weighted by Gasteiger charge is 2.28. The van der Waals surface area contributed by atoms with Crippen molar-refractivity contribution in [2.24, 2.45) is 0 Å². The number of amides is 2. The van der Waals surface area contributed by atoms with Crippen molar-refractivity contribution in [2.45, 2.75) is 66.0 Å². The molecule has 2 rings (SSSR count). The van der Waals surface area contributed by atoms with Crippen LogP contribution < -0.4 is 10.1 Å². The number of hydrogen-bond acceptors (Lipinski definition) is 3. The molecule has 0 spiro atoms. The van der Waals surface area contributed by atoms with Crippen molar-refractivity contribution < 1.29 is 14.3 Å². The van der Waals surface area contributed by atoms with Gasteiger partial charge in [-0.3, -0.25) is 9.59 Å². The summed E-state index contributed by atoms with van der Waals surface area (Å²) in [6.07, 6.45) is 1.37. The van der Waals surface area contributed by atoms with E-state index in [-0.39, 0.29) is 18.4 Å². The van der Waals surface area contributed by atoms with Gasteiger partial charge in [0.1, 0.15) is 11.8 Å². The summed E-state index contributed by atoms with van der Waals surface area (Å²) < 4.78 is 6.67. The second-order valence-corrected chi connectivity index (χ2v) is 9.21. The molecule has 0 fully saturated rings. The summed E-state index contributed by atoms with van der Waals surface area (Å²) >= 11 is 3.54. The molecular formula is C26H35BrN2O3. The Hall–Kier alpha value is -2.34. The van der Waals surface area contributed by atoms with Crippen LogP contribution in [0, 0.1) is 6.92 Å². The van der Waals surface area contributed by atoms with E-state index in [4.69, 9.17) is 4.74 Å². The van der Waals surface area contributed by atoms with Gasteiger partial charge in [-0.1, -0.05) is 63.6 Å². The molecule has 2 aromatic carbocycles. The highest BCUT2D eigenvalue weighted by atomic mass is 79.9. The molecule has 5 nitrogen and oxygen atoms in total. The fourth-order valence-electron chi connectivity index (χ4n) is 3.39. The first kappa shape index (κ1) is 25.9. The topological polar surface area (TPSA) is 58.6 Å². The first-order valence-corrected chi connectivity index (χ1v) is 12.1. The van der Waals surface area contributed by atoms with E-state index in [0.717, 1.165) is 22.0 Å². The Morgan fingerprint density at radius 3 is 2.34 bits per heavy atom. The third kappa shape index (κ3) is 7.37. The maximum atomic E-state index is 13.3. The van der Waals surface area contributed by atoms with Crippen LogP contribution in [0.2, 0.25) is 0 Å². The molecule has 1 atom stereocenters. The first-order chi connectivity index (χ1) is 15.3. The van der Waals surface area contributed by atoms with Crippen molar-refractivity contribution in [3.05, 3.63) is 63.6 Å². The van der Waals surface area contributed by atoms with Crippen LogP contribution in [0.1, 0.15) is 63.1 Å². The molecule has 0 aliphatic carbocycles. The molecule has 0 saturated heterocycles. The smallest absolute Gasteiger partial charge is 0.261 e. The Bertz CT molecular complexity index is 896. The quantitative estimate of drug-likeness (QED) is 0.435. The first-order valence-electron chi connectivity index (χ1n) is 11.3. The second kappa shape index (κ2) is 12.6. The van der Waals surface area contributed by atoms with E-state index in [1.807, 2.05) is 63.2 Å². The van der Waals surface area contributed by atoms with Crippen LogP contribution in [0.4, 0.5) is 0 Å². The van der Waals surface area contributed by atoms with Crippen LogP contribution in [0.25, 0.3) is 0 Å². The van der Waals surface area contributed by atoms with E-state index in [9.17, 15) is 9.59 Å². The fraction of sp³-hybridized carbons (Fsp3) is 0.462. The third-order valence-electron chi connectivity index (χ3n) is 5.38. The molecule has 0 aliphatic heterocycles. The van der Waals surface area contributed by atoms with Crippen molar-refractivity contribution >= 4 is 27.7 Å². The number of benzene rings is 2. The number of carbonyl (C=O) groups excluding carboxylic acids is 2. The van der Waals surface area contributed by atoms with Crippen molar-refractivity contribution in [3.8, 4) is 5.75 Å². The second-order valence-electron chi connectivity index (χ2n) is 8.36. The molecule has 0 heterocycles. The van der Waals surface area contributed by atoms with Gasteiger partial charge in [0.25, 0.3) is 5.91 Å². The van der Waals surface area contributed by atoms with E-state index in [1.54, 1.807) is 4.90 Å². The van der Waals surface area contributed by atoms with Gasteiger partial charge in [-0.25, -0.2) is 0 Å². The minimum absolute atomic E-state index is 0.128. The van der Waals surface area contributed by atoms with E-state index in [0.29, 0.717) is 31.2 Å². The predicted octanol–water partition coefficient (Wildman–Crippen LogP) is 5.59. The molecule has 2 amide bonds. The van der Waals surface area contributed by atoms with Gasteiger partial charge in [0, 0.05) is 13.1 Å². The fourth-order valence-corrected chi connectivity index (χ4v) is 3.90. The van der Waals surface area contributed by atoms with E-state index in [2.05, 4.69) is 35.1 Å². The number of nitrogens with zero attached hydrogens (tertiary/aromatic N) is 1. The largest absolute Gasteiger partial charge is 0.483 e. The molecule has 1 N–H and O–H groups in total. The Labute approximate surface area is 200 Å². The van der Waals surface area contributed by atoms with E-state index in [1.165, 1.54) is 5.56 Å². The summed E-state index contributed by atoms with van der Waals surface area (Å²) in [4.78, 5) is 27.7. The zero-order chi connectivity index (χ0) is 23.7. The van der Waals surface area contributed by atoms with Crippen LogP contribution in [0.5, 0.6) is 5.75 Å². The van der Waals surface area contributed by atoms with Crippen molar-refractivity contribution in [3.63, 3.8) is 0 Å². The van der Waals surface area contributed by atoms with E-state index >= 15 is 0 Å². The Morgan fingerprint density at radius 1 is 1.09 bits per heavy atom. The van der Waals surface area contributed by atoms with Crippen molar-refractivity contribution in [1.29, 1.82) is 0 Å². The molecule has 0 bridgehead atoms. The van der Waals surface area contributed by atoms with Gasteiger partial charge in [-0.15, -0.1) is 0 Å². The summed E-state index contributed by atoms with van der Waals surface area (Å²) in [5.41, 5.74) is 3.32. The molecule has 0 radical (unpaired) electrons. The van der Waals surface area contributed by atoms with Gasteiger partial charge >= 0.3 is 0 Å². The molecule has 32 heavy (non-hydrogen) atoms. The molecule has 0 saturated carbocycles. The molecule has 174 valence electrons. The lowest BCUT2D eigenvalue weighted by Crippen LogP contribution is -2.50. The maximum Gasteiger partial charge on any atom is 0.261 e. The molecule has 0 aromatic heterocycles. The zero-order valence-electron chi connectivity index (χ0n) is 19.8. The van der Waals surface area contributed by atoms with Crippen molar-refractivity contribution in [1.82, 2.24) is 10.2 Å². The highest BCUT2D eigenvalue weighted by Crippen LogP contribution is 2.29. The lowest BCUT2D eigenvalue weighted by molar-refractivity contribution is -0.143. The molecule has 2 aromatic rings. The van der Waals surface area contributed by atoms with Crippen molar-refractivity contribution in [2.75, 3.05) is 13.2 Å². The van der Waals surface area contributed by atoms with Crippen LogP contribution in [0.3, 0.4) is 0 Å². The van der Waals surface area contributed by atoms with Crippen LogP contribution >= 0.6 is 15.9 Å². The molecule has 6 heteroatoms. The molecule has 1 unspecified atom stereocenters. The number of hydrogen-bond donors (Lipinski definition) is 1. The standard InChI is InChI=1S/C26H35BrN2O3/c1-6-14-28-26(31)23(7-2)29(16-20-10-8-19(5)9-11-20)25(30)17-32-24-13-12-21(18(3)4)15-22(24)27/h8-13,15,18,23H,6-7,14,16-17H2,1-5H3,(H,28,31). The van der Waals surface area contributed by atoms with Gasteiger partial charge in [-0.05, 0) is 64.9 Å². The SMILES string of the molecule is CCCNC(=O)C(CC)N(Cc1ccc(C)cc1)C(=O)COc1ccc(C(C)C)cc1Br. The third-order valence-corrected chi connectivity index (χ3v) is 6.00. The Balaban J connectivity index is 2.20. The van der Waals surface area contributed by atoms with Gasteiger partial charge in [0.2, 0.25) is 5.91 Å². The van der Waals surface area contributed by atoms with Crippen LogP contribution in [-0.4, -0.2) is 35.9 Å². The summed E-state index contributed by atoms with van der Waals surface area (Å²) in [7, 11) is 0. The van der Waals surface area contributed by atoms with Crippen LogP contribution in [-0.2, 0) is 16.1 Å². The lowest BCUT2D eigenvalue weighted by atomic mass is 10.0. The van der Waals surface area contributed by atoms with Gasteiger partial charge in [0.15, 0.2) is 6.61 Å². The monoisotopic (exact) mass is 502 g/mol.